The third-order valence-corrected chi connectivity index (χ3v) is 7.12. The summed E-state index contributed by atoms with van der Waals surface area (Å²) in [5, 5.41) is 11.9. The second-order valence-electron chi connectivity index (χ2n) is 8.50. The molecule has 0 aliphatic heterocycles. The molecular formula is C23H34O2. The first-order valence-electron chi connectivity index (χ1n) is 10.3. The molecule has 3 rings (SSSR count). The molecule has 2 nitrogen and oxygen atoms in total. The number of rotatable bonds is 4. The van der Waals surface area contributed by atoms with Crippen LogP contribution < -0.4 is 0 Å². The van der Waals surface area contributed by atoms with Crippen molar-refractivity contribution in [2.75, 3.05) is 0 Å². The molecule has 0 bridgehead atoms. The van der Waals surface area contributed by atoms with Gasteiger partial charge in [0.1, 0.15) is 5.60 Å². The molecule has 0 spiro atoms. The van der Waals surface area contributed by atoms with Crippen LogP contribution >= 0.6 is 0 Å². The Kier molecular flexibility index (Phi) is 5.68. The van der Waals surface area contributed by atoms with Crippen LogP contribution in [-0.2, 0) is 0 Å². The molecule has 0 radical (unpaired) electrons. The standard InChI is InChI=1S/C23H34O2/c1-16-14-15-21(18(3)17(16)2)22(24)23(25,19-10-6-4-7-11-19)20-12-8-5-9-13-20/h14-15,19-20,25H,4-13H2,1-3H3. The van der Waals surface area contributed by atoms with Gasteiger partial charge in [-0.3, -0.25) is 4.79 Å². The van der Waals surface area contributed by atoms with Crippen LogP contribution in [0.5, 0.6) is 0 Å². The van der Waals surface area contributed by atoms with Crippen molar-refractivity contribution in [3.05, 3.63) is 34.4 Å². The highest BCUT2D eigenvalue weighted by Crippen LogP contribution is 2.45. The summed E-state index contributed by atoms with van der Waals surface area (Å²) in [5.74, 6) is 0.280. The predicted molar refractivity (Wildman–Crippen MR) is 103 cm³/mol. The van der Waals surface area contributed by atoms with Crippen molar-refractivity contribution in [3.8, 4) is 0 Å². The summed E-state index contributed by atoms with van der Waals surface area (Å²) in [6, 6.07) is 3.99. The van der Waals surface area contributed by atoms with E-state index in [-0.39, 0.29) is 17.6 Å². The number of hydrogen-bond donors (Lipinski definition) is 1. The third-order valence-electron chi connectivity index (χ3n) is 7.12. The Hall–Kier alpha value is -1.15. The second-order valence-corrected chi connectivity index (χ2v) is 8.50. The van der Waals surface area contributed by atoms with E-state index in [1.165, 1.54) is 24.0 Å². The van der Waals surface area contributed by atoms with Crippen molar-refractivity contribution in [3.63, 3.8) is 0 Å². The molecule has 2 aliphatic carbocycles. The minimum absolute atomic E-state index is 0.00639. The van der Waals surface area contributed by atoms with Gasteiger partial charge in [-0.15, -0.1) is 0 Å². The first kappa shape index (κ1) is 18.6. The van der Waals surface area contributed by atoms with Crippen molar-refractivity contribution in [2.24, 2.45) is 11.8 Å². The van der Waals surface area contributed by atoms with E-state index < -0.39 is 5.60 Å². The average molecular weight is 343 g/mol. The normalized spacial score (nSPS) is 20.6. The summed E-state index contributed by atoms with van der Waals surface area (Å²) in [4.78, 5) is 13.7. The van der Waals surface area contributed by atoms with Crippen molar-refractivity contribution in [1.29, 1.82) is 0 Å². The summed E-state index contributed by atoms with van der Waals surface area (Å²) in [7, 11) is 0. The zero-order valence-corrected chi connectivity index (χ0v) is 16.2. The zero-order valence-electron chi connectivity index (χ0n) is 16.2. The van der Waals surface area contributed by atoms with Crippen LogP contribution in [0.3, 0.4) is 0 Å². The fraction of sp³-hybridized carbons (Fsp3) is 0.696. The highest BCUT2D eigenvalue weighted by molar-refractivity contribution is 6.04. The molecule has 0 heterocycles. The monoisotopic (exact) mass is 342 g/mol. The Morgan fingerprint density at radius 1 is 0.840 bits per heavy atom. The van der Waals surface area contributed by atoms with Gasteiger partial charge in [-0.2, -0.15) is 0 Å². The Balaban J connectivity index is 2.01. The highest BCUT2D eigenvalue weighted by Gasteiger charge is 2.50. The van der Waals surface area contributed by atoms with Crippen molar-refractivity contribution < 1.29 is 9.90 Å². The van der Waals surface area contributed by atoms with E-state index in [4.69, 9.17) is 0 Å². The topological polar surface area (TPSA) is 37.3 Å². The summed E-state index contributed by atoms with van der Waals surface area (Å²) >= 11 is 0. The smallest absolute Gasteiger partial charge is 0.195 e. The summed E-state index contributed by atoms with van der Waals surface area (Å²) in [5.41, 5.74) is 3.04. The van der Waals surface area contributed by atoms with Gasteiger partial charge in [0.05, 0.1) is 0 Å². The lowest BCUT2D eigenvalue weighted by Gasteiger charge is -2.44. The highest BCUT2D eigenvalue weighted by atomic mass is 16.3. The van der Waals surface area contributed by atoms with Crippen LogP contribution in [0.1, 0.15) is 91.3 Å². The molecule has 2 aliphatic rings. The van der Waals surface area contributed by atoms with E-state index in [1.807, 2.05) is 19.1 Å². The Morgan fingerprint density at radius 3 is 1.80 bits per heavy atom. The molecule has 0 atom stereocenters. The first-order valence-corrected chi connectivity index (χ1v) is 10.3. The Bertz CT molecular complexity index is 601. The largest absolute Gasteiger partial charge is 0.381 e. The van der Waals surface area contributed by atoms with E-state index >= 15 is 0 Å². The third kappa shape index (κ3) is 3.43. The molecule has 1 N–H and O–H groups in total. The number of ketones is 1. The summed E-state index contributed by atoms with van der Waals surface area (Å²) < 4.78 is 0. The SMILES string of the molecule is Cc1ccc(C(=O)C(O)(C2CCCCC2)C2CCCCC2)c(C)c1C. The van der Waals surface area contributed by atoms with E-state index in [0.717, 1.165) is 62.5 Å². The number of Topliss-reactive ketones (excluding diaryl/α,β-unsaturated/α-hetero) is 1. The lowest BCUT2D eigenvalue weighted by atomic mass is 9.63. The molecular weight excluding hydrogens is 308 g/mol. The van der Waals surface area contributed by atoms with E-state index in [2.05, 4.69) is 13.8 Å². The van der Waals surface area contributed by atoms with Gasteiger partial charge in [0.25, 0.3) is 0 Å². The molecule has 0 unspecified atom stereocenters. The molecule has 0 amide bonds. The minimum atomic E-state index is -1.16. The quantitative estimate of drug-likeness (QED) is 0.714. The number of carbonyl (C=O) groups excluding carboxylic acids is 1. The van der Waals surface area contributed by atoms with Gasteiger partial charge >= 0.3 is 0 Å². The van der Waals surface area contributed by atoms with E-state index in [1.54, 1.807) is 0 Å². The lowest BCUT2D eigenvalue weighted by Crippen LogP contribution is -2.53. The molecule has 2 heteroatoms. The maximum atomic E-state index is 13.7. The van der Waals surface area contributed by atoms with Gasteiger partial charge in [-0.25, -0.2) is 0 Å². The van der Waals surface area contributed by atoms with Gasteiger partial charge < -0.3 is 5.11 Å². The van der Waals surface area contributed by atoms with Crippen molar-refractivity contribution in [2.45, 2.75) is 90.6 Å². The lowest BCUT2D eigenvalue weighted by molar-refractivity contribution is -0.0625. The second kappa shape index (κ2) is 7.61. The Morgan fingerprint density at radius 2 is 1.32 bits per heavy atom. The molecule has 0 saturated heterocycles. The molecule has 2 saturated carbocycles. The van der Waals surface area contributed by atoms with Crippen LogP contribution in [-0.4, -0.2) is 16.5 Å². The number of aliphatic hydroxyl groups is 1. The fourth-order valence-electron chi connectivity index (χ4n) is 5.21. The number of aryl methyl sites for hydroxylation is 1. The first-order chi connectivity index (χ1) is 12.0. The average Bonchev–Trinajstić information content (AvgIpc) is 2.66. The molecule has 1 aromatic carbocycles. The minimum Gasteiger partial charge on any atom is -0.381 e. The van der Waals surface area contributed by atoms with Gasteiger partial charge in [0.15, 0.2) is 5.78 Å². The van der Waals surface area contributed by atoms with Crippen LogP contribution in [0.4, 0.5) is 0 Å². The maximum absolute atomic E-state index is 13.7. The van der Waals surface area contributed by atoms with Crippen LogP contribution in [0.2, 0.25) is 0 Å². The van der Waals surface area contributed by atoms with Crippen LogP contribution in [0, 0.1) is 32.6 Å². The van der Waals surface area contributed by atoms with Crippen molar-refractivity contribution >= 4 is 5.78 Å². The zero-order chi connectivity index (χ0) is 18.0. The fourth-order valence-corrected chi connectivity index (χ4v) is 5.21. The van der Waals surface area contributed by atoms with E-state index in [9.17, 15) is 9.90 Å². The number of carbonyl (C=O) groups is 1. The predicted octanol–water partition coefficient (Wildman–Crippen LogP) is 5.69. The van der Waals surface area contributed by atoms with Gasteiger partial charge in [-0.1, -0.05) is 50.7 Å². The van der Waals surface area contributed by atoms with Gasteiger partial charge in [0.2, 0.25) is 0 Å². The molecule has 0 aromatic heterocycles. The number of benzene rings is 1. The van der Waals surface area contributed by atoms with Gasteiger partial charge in [-0.05, 0) is 75.0 Å². The maximum Gasteiger partial charge on any atom is 0.195 e. The van der Waals surface area contributed by atoms with Crippen molar-refractivity contribution in [1.82, 2.24) is 0 Å². The molecule has 138 valence electrons. The Labute approximate surface area is 153 Å². The number of hydrogen-bond acceptors (Lipinski definition) is 2. The molecule has 25 heavy (non-hydrogen) atoms. The van der Waals surface area contributed by atoms with Crippen LogP contribution in [0.25, 0.3) is 0 Å². The van der Waals surface area contributed by atoms with Crippen LogP contribution in [0.15, 0.2) is 12.1 Å². The molecule has 2 fully saturated rings. The summed E-state index contributed by atoms with van der Waals surface area (Å²) in [6.07, 6.45) is 11.1. The molecule has 1 aromatic rings. The van der Waals surface area contributed by atoms with Gasteiger partial charge in [0, 0.05) is 5.56 Å². The van der Waals surface area contributed by atoms with E-state index in [0.29, 0.717) is 0 Å². The summed E-state index contributed by atoms with van der Waals surface area (Å²) in [6.45, 7) is 6.21.